The topological polar surface area (TPSA) is 117 Å². The highest BCUT2D eigenvalue weighted by molar-refractivity contribution is 7.20. The van der Waals surface area contributed by atoms with E-state index in [1.54, 1.807) is 31.4 Å². The molecule has 1 aromatic carbocycles. The normalized spacial score (nSPS) is 11.0. The Morgan fingerprint density at radius 2 is 1.97 bits per heavy atom. The zero-order valence-electron chi connectivity index (χ0n) is 17.0. The number of hydrogen-bond acceptors (Lipinski definition) is 10. The average molecular weight is 489 g/mol. The molecule has 0 unspecified atom stereocenters. The van der Waals surface area contributed by atoms with Gasteiger partial charge in [0, 0.05) is 16.0 Å². The van der Waals surface area contributed by atoms with Crippen molar-refractivity contribution in [2.75, 3.05) is 12.3 Å². The highest BCUT2D eigenvalue weighted by Crippen LogP contribution is 2.33. The van der Waals surface area contributed by atoms with E-state index in [0.29, 0.717) is 30.7 Å². The van der Waals surface area contributed by atoms with Crippen molar-refractivity contribution < 1.29 is 19.1 Å². The first kappa shape index (κ1) is 22.1. The SMILES string of the molecule is CCOC(=O)c1sc2nc(COC(=O)c3csc(-c4cccc(Cl)c4)n3)nc(N)c2c1C. The van der Waals surface area contributed by atoms with Crippen molar-refractivity contribution in [2.24, 2.45) is 0 Å². The summed E-state index contributed by atoms with van der Waals surface area (Å²) in [7, 11) is 0. The van der Waals surface area contributed by atoms with Crippen LogP contribution in [0.1, 0.15) is 38.5 Å². The molecule has 0 bridgehead atoms. The monoisotopic (exact) mass is 488 g/mol. The van der Waals surface area contributed by atoms with Gasteiger partial charge in [-0.2, -0.15) is 0 Å². The van der Waals surface area contributed by atoms with E-state index in [2.05, 4.69) is 15.0 Å². The van der Waals surface area contributed by atoms with Crippen molar-refractivity contribution in [3.63, 3.8) is 0 Å². The fourth-order valence-corrected chi connectivity index (χ4v) is 5.08. The summed E-state index contributed by atoms with van der Waals surface area (Å²) in [5.74, 6) is -0.599. The molecule has 3 heterocycles. The van der Waals surface area contributed by atoms with E-state index in [1.165, 1.54) is 22.7 Å². The summed E-state index contributed by atoms with van der Waals surface area (Å²) in [6.45, 7) is 3.59. The Kier molecular flexibility index (Phi) is 6.35. The van der Waals surface area contributed by atoms with Crippen molar-refractivity contribution in [1.29, 1.82) is 0 Å². The maximum Gasteiger partial charge on any atom is 0.358 e. The fraction of sp³-hybridized carbons (Fsp3) is 0.190. The molecular weight excluding hydrogens is 472 g/mol. The summed E-state index contributed by atoms with van der Waals surface area (Å²) in [5.41, 5.74) is 7.74. The first-order valence-corrected chi connectivity index (χ1v) is 11.6. The minimum atomic E-state index is -0.605. The maximum atomic E-state index is 12.4. The van der Waals surface area contributed by atoms with Crippen LogP contribution in [0, 0.1) is 6.92 Å². The third kappa shape index (κ3) is 4.43. The van der Waals surface area contributed by atoms with Crippen LogP contribution in [0.2, 0.25) is 5.02 Å². The number of fused-ring (bicyclic) bond motifs is 1. The Bertz CT molecular complexity index is 1330. The van der Waals surface area contributed by atoms with Crippen LogP contribution in [0.15, 0.2) is 29.6 Å². The predicted molar refractivity (Wildman–Crippen MR) is 124 cm³/mol. The number of anilines is 1. The van der Waals surface area contributed by atoms with E-state index in [0.717, 1.165) is 5.56 Å². The van der Waals surface area contributed by atoms with Gasteiger partial charge in [0.15, 0.2) is 18.1 Å². The van der Waals surface area contributed by atoms with Gasteiger partial charge in [0.05, 0.1) is 12.0 Å². The number of rotatable bonds is 6. The molecule has 0 atom stereocenters. The molecule has 0 aliphatic heterocycles. The minimum Gasteiger partial charge on any atom is -0.462 e. The number of thiazole rings is 1. The quantitative estimate of drug-likeness (QED) is 0.381. The maximum absolute atomic E-state index is 12.4. The predicted octanol–water partition coefficient (Wildman–Crippen LogP) is 4.89. The van der Waals surface area contributed by atoms with Gasteiger partial charge in [-0.25, -0.2) is 24.5 Å². The second-order valence-corrected chi connectivity index (χ2v) is 8.90. The smallest absolute Gasteiger partial charge is 0.358 e. The molecule has 11 heteroatoms. The summed E-state index contributed by atoms with van der Waals surface area (Å²) in [4.78, 5) is 38.5. The Labute approximate surface area is 196 Å². The third-order valence-electron chi connectivity index (χ3n) is 4.44. The number of thiophene rings is 1. The van der Waals surface area contributed by atoms with Crippen molar-refractivity contribution in [1.82, 2.24) is 15.0 Å². The number of nitrogens with zero attached hydrogens (tertiary/aromatic N) is 3. The van der Waals surface area contributed by atoms with Gasteiger partial charge < -0.3 is 15.2 Å². The number of carbonyl (C=O) groups excluding carboxylic acids is 2. The molecule has 0 saturated carbocycles. The zero-order valence-corrected chi connectivity index (χ0v) is 19.4. The van der Waals surface area contributed by atoms with E-state index < -0.39 is 11.9 Å². The average Bonchev–Trinajstić information content (AvgIpc) is 3.38. The van der Waals surface area contributed by atoms with E-state index in [9.17, 15) is 9.59 Å². The first-order chi connectivity index (χ1) is 15.4. The molecular formula is C21H17ClN4O4S2. The Morgan fingerprint density at radius 3 is 2.72 bits per heavy atom. The number of hydrogen-bond donors (Lipinski definition) is 1. The van der Waals surface area contributed by atoms with Gasteiger partial charge in [-0.3, -0.25) is 0 Å². The number of esters is 2. The van der Waals surface area contributed by atoms with Crippen LogP contribution in [-0.2, 0) is 16.1 Å². The van der Waals surface area contributed by atoms with Crippen molar-refractivity contribution in [3.05, 3.63) is 56.6 Å². The molecule has 0 aliphatic rings. The number of nitrogens with two attached hydrogens (primary N) is 1. The van der Waals surface area contributed by atoms with E-state index >= 15 is 0 Å². The molecule has 4 rings (SSSR count). The van der Waals surface area contributed by atoms with Crippen LogP contribution < -0.4 is 5.73 Å². The number of nitrogen functional groups attached to an aromatic ring is 1. The lowest BCUT2D eigenvalue weighted by atomic mass is 10.2. The van der Waals surface area contributed by atoms with E-state index in [1.807, 2.05) is 12.1 Å². The van der Waals surface area contributed by atoms with Crippen molar-refractivity contribution in [3.8, 4) is 10.6 Å². The molecule has 0 amide bonds. The van der Waals surface area contributed by atoms with Crippen LogP contribution in [0.25, 0.3) is 20.8 Å². The van der Waals surface area contributed by atoms with Crippen molar-refractivity contribution >= 4 is 62.2 Å². The molecule has 0 spiro atoms. The molecule has 3 aromatic heterocycles. The number of aromatic nitrogens is 3. The second-order valence-electron chi connectivity index (χ2n) is 6.61. The minimum absolute atomic E-state index is 0.176. The van der Waals surface area contributed by atoms with Crippen LogP contribution in [0.3, 0.4) is 0 Å². The second kappa shape index (κ2) is 9.19. The molecule has 2 N–H and O–H groups in total. The van der Waals surface area contributed by atoms with E-state index in [4.69, 9.17) is 26.8 Å². The van der Waals surface area contributed by atoms with Gasteiger partial charge in [0.2, 0.25) is 0 Å². The Morgan fingerprint density at radius 1 is 1.16 bits per heavy atom. The summed E-state index contributed by atoms with van der Waals surface area (Å²) >= 11 is 8.49. The summed E-state index contributed by atoms with van der Waals surface area (Å²) < 4.78 is 10.4. The van der Waals surface area contributed by atoms with Gasteiger partial charge in [0.1, 0.15) is 20.5 Å². The summed E-state index contributed by atoms with van der Waals surface area (Å²) in [6, 6.07) is 7.21. The lowest BCUT2D eigenvalue weighted by molar-refractivity contribution is 0.0456. The first-order valence-electron chi connectivity index (χ1n) is 9.48. The van der Waals surface area contributed by atoms with Gasteiger partial charge in [0.25, 0.3) is 0 Å². The highest BCUT2D eigenvalue weighted by Gasteiger charge is 2.21. The number of carbonyl (C=O) groups is 2. The molecule has 0 fully saturated rings. The number of ether oxygens (including phenoxy) is 2. The molecule has 32 heavy (non-hydrogen) atoms. The lowest BCUT2D eigenvalue weighted by Crippen LogP contribution is -2.09. The molecule has 0 saturated heterocycles. The van der Waals surface area contributed by atoms with Crippen LogP contribution in [0.5, 0.6) is 0 Å². The van der Waals surface area contributed by atoms with Gasteiger partial charge in [-0.05, 0) is 31.5 Å². The van der Waals surface area contributed by atoms with Crippen LogP contribution in [-0.4, -0.2) is 33.5 Å². The number of benzene rings is 1. The van der Waals surface area contributed by atoms with Crippen molar-refractivity contribution in [2.45, 2.75) is 20.5 Å². The molecule has 0 radical (unpaired) electrons. The number of aryl methyl sites for hydroxylation is 1. The standard InChI is InChI=1S/C21H17ClN4O4S2/c1-3-29-21(28)16-10(2)15-17(23)25-14(26-19(15)32-16)8-30-20(27)13-9-31-18(24-13)11-5-4-6-12(22)7-11/h4-7,9H,3,8H2,1-2H3,(H2,23,25,26). The highest BCUT2D eigenvalue weighted by atomic mass is 35.5. The fourth-order valence-electron chi connectivity index (χ4n) is 3.00. The largest absolute Gasteiger partial charge is 0.462 e. The molecule has 4 aromatic rings. The zero-order chi connectivity index (χ0) is 22.8. The Balaban J connectivity index is 1.50. The molecule has 0 aliphatic carbocycles. The molecule has 8 nitrogen and oxygen atoms in total. The van der Waals surface area contributed by atoms with Gasteiger partial charge in [-0.15, -0.1) is 22.7 Å². The summed E-state index contributed by atoms with van der Waals surface area (Å²) in [5, 5.41) is 3.45. The van der Waals surface area contributed by atoms with Crippen LogP contribution >= 0.6 is 34.3 Å². The molecule has 164 valence electrons. The van der Waals surface area contributed by atoms with Crippen LogP contribution in [0.4, 0.5) is 5.82 Å². The third-order valence-corrected chi connectivity index (χ3v) is 6.73. The van der Waals surface area contributed by atoms with E-state index in [-0.39, 0.29) is 30.5 Å². The lowest BCUT2D eigenvalue weighted by Gasteiger charge is -2.04. The number of halogens is 1. The van der Waals surface area contributed by atoms with Gasteiger partial charge >= 0.3 is 11.9 Å². The van der Waals surface area contributed by atoms with Gasteiger partial charge in [-0.1, -0.05) is 23.7 Å². The Hall–Kier alpha value is -3.08. The summed E-state index contributed by atoms with van der Waals surface area (Å²) in [6.07, 6.45) is 0.